The third-order valence-corrected chi connectivity index (χ3v) is 5.14. The number of methoxy groups -OCH3 is 1. The molecule has 0 radical (unpaired) electrons. The van der Waals surface area contributed by atoms with E-state index in [1.165, 1.54) is 0 Å². The van der Waals surface area contributed by atoms with E-state index in [9.17, 15) is 4.79 Å². The first-order valence-corrected chi connectivity index (χ1v) is 10.00. The Bertz CT molecular complexity index is 786. The zero-order chi connectivity index (χ0) is 20.6. The van der Waals surface area contributed by atoms with E-state index in [0.29, 0.717) is 24.5 Å². The monoisotopic (exact) mass is 398 g/mol. The van der Waals surface area contributed by atoms with Crippen molar-refractivity contribution in [1.29, 1.82) is 0 Å². The van der Waals surface area contributed by atoms with Gasteiger partial charge in [0, 0.05) is 18.7 Å². The van der Waals surface area contributed by atoms with Gasteiger partial charge in [-0.3, -0.25) is 4.79 Å². The summed E-state index contributed by atoms with van der Waals surface area (Å²) in [6, 6.07) is 15.3. The summed E-state index contributed by atoms with van der Waals surface area (Å²) in [6.07, 6.45) is 2.26. The van der Waals surface area contributed by atoms with Gasteiger partial charge in [-0.15, -0.1) is 0 Å². The largest absolute Gasteiger partial charge is 0.497 e. The summed E-state index contributed by atoms with van der Waals surface area (Å²) in [6.45, 7) is 1.82. The molecule has 29 heavy (non-hydrogen) atoms. The fraction of sp³-hybridized carbons (Fsp3) is 0.435. The van der Waals surface area contributed by atoms with E-state index in [4.69, 9.17) is 14.2 Å². The summed E-state index contributed by atoms with van der Waals surface area (Å²) in [5.41, 5.74) is 1.70. The van der Waals surface area contributed by atoms with E-state index in [1.807, 2.05) is 50.5 Å². The Labute approximate surface area is 172 Å². The SMILES string of the molecule is COc1ccc(C(CNC(=O)c2cccc(OCC3CCCO3)c2)N(C)C)cc1. The number of hydrogen-bond donors (Lipinski definition) is 1. The van der Waals surface area contributed by atoms with E-state index < -0.39 is 0 Å². The Morgan fingerprint density at radius 1 is 1.21 bits per heavy atom. The molecule has 2 aromatic carbocycles. The highest BCUT2D eigenvalue weighted by atomic mass is 16.5. The van der Waals surface area contributed by atoms with Crippen LogP contribution in [0.25, 0.3) is 0 Å². The number of nitrogens with zero attached hydrogens (tertiary/aromatic N) is 1. The maximum Gasteiger partial charge on any atom is 0.251 e. The molecule has 1 N–H and O–H groups in total. The molecule has 156 valence electrons. The summed E-state index contributed by atoms with van der Waals surface area (Å²) in [5, 5.41) is 3.04. The van der Waals surface area contributed by atoms with Crippen molar-refractivity contribution in [2.45, 2.75) is 25.0 Å². The van der Waals surface area contributed by atoms with Gasteiger partial charge in [0.2, 0.25) is 0 Å². The van der Waals surface area contributed by atoms with Crippen LogP contribution in [0.1, 0.15) is 34.8 Å². The highest BCUT2D eigenvalue weighted by molar-refractivity contribution is 5.94. The van der Waals surface area contributed by atoms with Crippen LogP contribution in [0.15, 0.2) is 48.5 Å². The molecule has 1 saturated heterocycles. The van der Waals surface area contributed by atoms with Crippen molar-refractivity contribution < 1.29 is 19.0 Å². The van der Waals surface area contributed by atoms with E-state index in [-0.39, 0.29) is 18.1 Å². The van der Waals surface area contributed by atoms with E-state index >= 15 is 0 Å². The highest BCUT2D eigenvalue weighted by Gasteiger charge is 2.18. The standard InChI is InChI=1S/C23H30N2O4/c1-25(2)22(17-9-11-19(27-3)12-10-17)15-24-23(26)18-6-4-7-20(14-18)29-16-21-8-5-13-28-21/h4,6-7,9-12,14,21-22H,5,8,13,15-16H2,1-3H3,(H,24,26). The Balaban J connectivity index is 1.58. The van der Waals surface area contributed by atoms with Crippen molar-refractivity contribution in [1.82, 2.24) is 10.2 Å². The Hall–Kier alpha value is -2.57. The van der Waals surface area contributed by atoms with E-state index in [1.54, 1.807) is 19.2 Å². The van der Waals surface area contributed by atoms with Crippen LogP contribution in [0, 0.1) is 0 Å². The lowest BCUT2D eigenvalue weighted by Crippen LogP contribution is -2.34. The number of rotatable bonds is 9. The number of ether oxygens (including phenoxy) is 3. The number of amides is 1. The molecule has 0 saturated carbocycles. The lowest BCUT2D eigenvalue weighted by atomic mass is 10.1. The van der Waals surface area contributed by atoms with Crippen LogP contribution in [0.2, 0.25) is 0 Å². The second-order valence-electron chi connectivity index (χ2n) is 7.44. The number of carbonyl (C=O) groups is 1. The van der Waals surface area contributed by atoms with Gasteiger partial charge in [0.15, 0.2) is 0 Å². The predicted molar refractivity (Wildman–Crippen MR) is 113 cm³/mol. The molecule has 2 unspecified atom stereocenters. The number of likely N-dealkylation sites (N-methyl/N-ethyl adjacent to an activating group) is 1. The third kappa shape index (κ3) is 5.95. The highest BCUT2D eigenvalue weighted by Crippen LogP contribution is 2.21. The molecule has 1 heterocycles. The maximum atomic E-state index is 12.7. The summed E-state index contributed by atoms with van der Waals surface area (Å²) in [7, 11) is 5.65. The lowest BCUT2D eigenvalue weighted by molar-refractivity contribution is 0.0679. The average Bonchev–Trinajstić information content (AvgIpc) is 3.26. The first-order valence-electron chi connectivity index (χ1n) is 10.00. The normalized spacial score (nSPS) is 17.2. The summed E-state index contributed by atoms with van der Waals surface area (Å²) in [5.74, 6) is 1.38. The minimum Gasteiger partial charge on any atom is -0.497 e. The van der Waals surface area contributed by atoms with Crippen LogP contribution in [-0.4, -0.2) is 57.9 Å². The number of hydrogen-bond acceptors (Lipinski definition) is 5. The van der Waals surface area contributed by atoms with Gasteiger partial charge in [-0.05, 0) is 62.8 Å². The Morgan fingerprint density at radius 3 is 2.66 bits per heavy atom. The molecule has 0 bridgehead atoms. The fourth-order valence-corrected chi connectivity index (χ4v) is 3.41. The minimum absolute atomic E-state index is 0.0591. The Kier molecular flexibility index (Phi) is 7.49. The molecule has 0 aliphatic carbocycles. The zero-order valence-electron chi connectivity index (χ0n) is 17.4. The zero-order valence-corrected chi connectivity index (χ0v) is 17.4. The first-order chi connectivity index (χ1) is 14.1. The van der Waals surface area contributed by atoms with Crippen molar-refractivity contribution >= 4 is 5.91 Å². The molecule has 1 aliphatic heterocycles. The van der Waals surface area contributed by atoms with Gasteiger partial charge in [0.05, 0.1) is 19.3 Å². The molecular weight excluding hydrogens is 368 g/mol. The quantitative estimate of drug-likeness (QED) is 0.702. The van der Waals surface area contributed by atoms with Crippen LogP contribution in [0.5, 0.6) is 11.5 Å². The molecule has 3 rings (SSSR count). The number of carbonyl (C=O) groups excluding carboxylic acids is 1. The number of benzene rings is 2. The minimum atomic E-state index is -0.118. The predicted octanol–water partition coefficient (Wildman–Crippen LogP) is 3.29. The summed E-state index contributed by atoms with van der Waals surface area (Å²) < 4.78 is 16.6. The van der Waals surface area contributed by atoms with Crippen LogP contribution >= 0.6 is 0 Å². The molecule has 0 spiro atoms. The van der Waals surface area contributed by atoms with Crippen LogP contribution in [-0.2, 0) is 4.74 Å². The van der Waals surface area contributed by atoms with Crippen molar-refractivity contribution in [2.75, 3.05) is 41.0 Å². The molecule has 6 nitrogen and oxygen atoms in total. The number of nitrogens with one attached hydrogen (secondary N) is 1. The average molecular weight is 399 g/mol. The van der Waals surface area contributed by atoms with E-state index in [0.717, 1.165) is 30.8 Å². The van der Waals surface area contributed by atoms with Gasteiger partial charge in [-0.1, -0.05) is 18.2 Å². The molecule has 6 heteroatoms. The van der Waals surface area contributed by atoms with Gasteiger partial charge in [-0.25, -0.2) is 0 Å². The summed E-state index contributed by atoms with van der Waals surface area (Å²) in [4.78, 5) is 14.8. The van der Waals surface area contributed by atoms with Crippen LogP contribution in [0.4, 0.5) is 0 Å². The van der Waals surface area contributed by atoms with Crippen LogP contribution in [0.3, 0.4) is 0 Å². The second-order valence-corrected chi connectivity index (χ2v) is 7.44. The smallest absolute Gasteiger partial charge is 0.251 e. The van der Waals surface area contributed by atoms with E-state index in [2.05, 4.69) is 10.2 Å². The lowest BCUT2D eigenvalue weighted by Gasteiger charge is -2.25. The van der Waals surface area contributed by atoms with Gasteiger partial charge in [-0.2, -0.15) is 0 Å². The topological polar surface area (TPSA) is 60.0 Å². The van der Waals surface area contributed by atoms with Gasteiger partial charge in [0.1, 0.15) is 18.1 Å². The third-order valence-electron chi connectivity index (χ3n) is 5.14. The van der Waals surface area contributed by atoms with Crippen molar-refractivity contribution in [3.8, 4) is 11.5 Å². The molecule has 1 amide bonds. The molecule has 2 atom stereocenters. The molecule has 1 aliphatic rings. The van der Waals surface area contributed by atoms with Crippen LogP contribution < -0.4 is 14.8 Å². The second kappa shape index (κ2) is 10.3. The molecular formula is C23H30N2O4. The first kappa shape index (κ1) is 21.1. The maximum absolute atomic E-state index is 12.7. The fourth-order valence-electron chi connectivity index (χ4n) is 3.41. The molecule has 0 aromatic heterocycles. The molecule has 2 aromatic rings. The van der Waals surface area contributed by atoms with Gasteiger partial charge >= 0.3 is 0 Å². The molecule has 1 fully saturated rings. The summed E-state index contributed by atoms with van der Waals surface area (Å²) >= 11 is 0. The van der Waals surface area contributed by atoms with Gasteiger partial charge in [0.25, 0.3) is 5.91 Å². The Morgan fingerprint density at radius 2 is 2.00 bits per heavy atom. The van der Waals surface area contributed by atoms with Crippen molar-refractivity contribution in [3.63, 3.8) is 0 Å². The van der Waals surface area contributed by atoms with Gasteiger partial charge < -0.3 is 24.4 Å². The van der Waals surface area contributed by atoms with Crippen molar-refractivity contribution in [3.05, 3.63) is 59.7 Å². The van der Waals surface area contributed by atoms with Crippen molar-refractivity contribution in [2.24, 2.45) is 0 Å².